The topological polar surface area (TPSA) is 83.9 Å². The maximum Gasteiger partial charge on any atom is 0.309 e. The number of aliphatic hydroxyl groups excluding tert-OH is 1. The van der Waals surface area contributed by atoms with Crippen molar-refractivity contribution in [2.45, 2.75) is 26.0 Å². The molecule has 6 heteroatoms. The molecule has 1 aromatic carbocycles. The molecule has 0 bridgehead atoms. The molecular weight excluding hydrogens is 310 g/mol. The average molecular weight is 329 g/mol. The summed E-state index contributed by atoms with van der Waals surface area (Å²) >= 11 is 0. The Bertz CT molecular complexity index is 724. The number of ether oxygens (including phenoxy) is 1. The number of carbonyl (C=O) groups excluding carboxylic acids is 3. The van der Waals surface area contributed by atoms with E-state index in [2.05, 4.69) is 0 Å². The molecule has 6 nitrogen and oxygen atoms in total. The summed E-state index contributed by atoms with van der Waals surface area (Å²) < 4.78 is 4.99. The molecule has 1 aliphatic carbocycles. The van der Waals surface area contributed by atoms with Gasteiger partial charge < -0.3 is 14.7 Å². The van der Waals surface area contributed by atoms with Crippen LogP contribution in [0.15, 0.2) is 36.0 Å². The third kappa shape index (κ3) is 2.85. The maximum absolute atomic E-state index is 12.7. The molecule has 2 unspecified atom stereocenters. The molecule has 3 rings (SSSR count). The fraction of sp³-hybridized carbons (Fsp3) is 0.389. The lowest BCUT2D eigenvalue weighted by Crippen LogP contribution is -2.46. The highest BCUT2D eigenvalue weighted by atomic mass is 16.5. The summed E-state index contributed by atoms with van der Waals surface area (Å²) in [6, 6.07) is 6.64. The molecule has 1 aromatic rings. The number of likely N-dealkylation sites (tertiary alicyclic amines) is 1. The Labute approximate surface area is 139 Å². The Kier molecular flexibility index (Phi) is 4.49. The van der Waals surface area contributed by atoms with Crippen LogP contribution in [-0.2, 0) is 9.53 Å². The molecule has 2 aliphatic rings. The number of aliphatic hydroxyl groups is 1. The van der Waals surface area contributed by atoms with Gasteiger partial charge in [-0.2, -0.15) is 0 Å². The number of esters is 1. The lowest BCUT2D eigenvalue weighted by Gasteiger charge is -2.38. The molecule has 126 valence electrons. The van der Waals surface area contributed by atoms with Crippen molar-refractivity contribution in [2.24, 2.45) is 5.92 Å². The molecule has 2 atom stereocenters. The SMILES string of the molecule is CCOC(=O)C1CCN(C2=CC(=O)c3ccccc3C2=O)C(O)C1. The lowest BCUT2D eigenvalue weighted by atomic mass is 9.89. The zero-order chi connectivity index (χ0) is 17.3. The number of hydrogen-bond donors (Lipinski definition) is 1. The average Bonchev–Trinajstić information content (AvgIpc) is 2.58. The molecule has 0 spiro atoms. The lowest BCUT2D eigenvalue weighted by molar-refractivity contribution is -0.153. The number of nitrogens with zero attached hydrogens (tertiary/aromatic N) is 1. The molecule has 0 radical (unpaired) electrons. The van der Waals surface area contributed by atoms with Crippen LogP contribution in [0.5, 0.6) is 0 Å². The van der Waals surface area contributed by atoms with Crippen LogP contribution in [0, 0.1) is 5.92 Å². The Morgan fingerprint density at radius 2 is 2.00 bits per heavy atom. The van der Waals surface area contributed by atoms with Gasteiger partial charge in [-0.15, -0.1) is 0 Å². The zero-order valence-electron chi connectivity index (χ0n) is 13.4. The number of hydrogen-bond acceptors (Lipinski definition) is 6. The number of Topliss-reactive ketones (excluding diaryl/α,β-unsaturated/α-hetero) is 1. The van der Waals surface area contributed by atoms with E-state index in [1.807, 2.05) is 0 Å². The van der Waals surface area contributed by atoms with Crippen molar-refractivity contribution in [3.05, 3.63) is 47.2 Å². The maximum atomic E-state index is 12.7. The van der Waals surface area contributed by atoms with Crippen molar-refractivity contribution in [1.29, 1.82) is 0 Å². The van der Waals surface area contributed by atoms with Gasteiger partial charge in [-0.1, -0.05) is 24.3 Å². The van der Waals surface area contributed by atoms with Crippen LogP contribution in [0.25, 0.3) is 0 Å². The Hall–Kier alpha value is -2.47. The van der Waals surface area contributed by atoms with E-state index in [-0.39, 0.29) is 29.7 Å². The number of ketones is 2. The van der Waals surface area contributed by atoms with E-state index in [1.54, 1.807) is 31.2 Å². The molecule has 1 heterocycles. The summed E-state index contributed by atoms with van der Waals surface area (Å²) in [4.78, 5) is 38.2. The highest BCUT2D eigenvalue weighted by Gasteiger charge is 2.37. The molecular formula is C18H19NO5. The zero-order valence-corrected chi connectivity index (χ0v) is 13.4. The first-order valence-corrected chi connectivity index (χ1v) is 8.04. The number of carbonyl (C=O) groups is 3. The number of benzene rings is 1. The van der Waals surface area contributed by atoms with Crippen molar-refractivity contribution >= 4 is 17.5 Å². The van der Waals surface area contributed by atoms with Gasteiger partial charge in [0, 0.05) is 30.2 Å². The molecule has 1 aliphatic heterocycles. The first-order chi connectivity index (χ1) is 11.5. The minimum Gasteiger partial charge on any atom is -0.466 e. The quantitative estimate of drug-likeness (QED) is 0.847. The summed E-state index contributed by atoms with van der Waals surface area (Å²) in [5.74, 6) is -1.25. The van der Waals surface area contributed by atoms with Crippen LogP contribution in [-0.4, -0.2) is 46.9 Å². The van der Waals surface area contributed by atoms with E-state index in [0.717, 1.165) is 0 Å². The second-order valence-corrected chi connectivity index (χ2v) is 5.92. The molecule has 24 heavy (non-hydrogen) atoms. The van der Waals surface area contributed by atoms with Gasteiger partial charge in [0.1, 0.15) is 6.23 Å². The van der Waals surface area contributed by atoms with Crippen molar-refractivity contribution in [1.82, 2.24) is 4.90 Å². The standard InChI is InChI=1S/C18H19NO5/c1-2-24-18(23)11-7-8-19(16(21)9-11)14-10-15(20)12-5-3-4-6-13(12)17(14)22/h3-6,10-11,16,21H,2,7-9H2,1H3. The monoisotopic (exact) mass is 329 g/mol. The number of allylic oxidation sites excluding steroid dienone is 2. The van der Waals surface area contributed by atoms with Crippen molar-refractivity contribution in [2.75, 3.05) is 13.2 Å². The first-order valence-electron chi connectivity index (χ1n) is 8.04. The third-order valence-electron chi connectivity index (χ3n) is 4.44. The second kappa shape index (κ2) is 6.57. The van der Waals surface area contributed by atoms with Crippen LogP contribution in [0.2, 0.25) is 0 Å². The smallest absolute Gasteiger partial charge is 0.309 e. The van der Waals surface area contributed by atoms with Gasteiger partial charge in [0.2, 0.25) is 5.78 Å². The van der Waals surface area contributed by atoms with Crippen LogP contribution in [0.3, 0.4) is 0 Å². The second-order valence-electron chi connectivity index (χ2n) is 5.92. The Morgan fingerprint density at radius 3 is 2.67 bits per heavy atom. The molecule has 0 saturated carbocycles. The van der Waals surface area contributed by atoms with Crippen molar-refractivity contribution in [3.8, 4) is 0 Å². The number of piperidine rings is 1. The molecule has 1 saturated heterocycles. The van der Waals surface area contributed by atoms with E-state index >= 15 is 0 Å². The largest absolute Gasteiger partial charge is 0.466 e. The fourth-order valence-electron chi connectivity index (χ4n) is 3.21. The fourth-order valence-corrected chi connectivity index (χ4v) is 3.21. The van der Waals surface area contributed by atoms with Gasteiger partial charge >= 0.3 is 5.97 Å². The molecule has 0 amide bonds. The first kappa shape index (κ1) is 16.4. The molecule has 1 fully saturated rings. The van der Waals surface area contributed by atoms with Gasteiger partial charge in [-0.25, -0.2) is 0 Å². The summed E-state index contributed by atoms with van der Waals surface area (Å²) in [5.41, 5.74) is 0.912. The predicted molar refractivity (Wildman–Crippen MR) is 85.3 cm³/mol. The minimum absolute atomic E-state index is 0.180. The third-order valence-corrected chi connectivity index (χ3v) is 4.44. The van der Waals surface area contributed by atoms with E-state index in [0.29, 0.717) is 30.7 Å². The minimum atomic E-state index is -0.999. The van der Waals surface area contributed by atoms with Crippen LogP contribution in [0.4, 0.5) is 0 Å². The Morgan fingerprint density at radius 1 is 1.29 bits per heavy atom. The predicted octanol–water partition coefficient (Wildman–Crippen LogP) is 1.54. The summed E-state index contributed by atoms with van der Waals surface area (Å²) in [6.07, 6.45) is 0.926. The van der Waals surface area contributed by atoms with Crippen molar-refractivity contribution in [3.63, 3.8) is 0 Å². The highest BCUT2D eigenvalue weighted by Crippen LogP contribution is 2.30. The van der Waals surface area contributed by atoms with E-state index in [1.165, 1.54) is 11.0 Å². The number of fused-ring (bicyclic) bond motifs is 1. The van der Waals surface area contributed by atoms with Gasteiger partial charge in [-0.05, 0) is 13.3 Å². The Balaban J connectivity index is 1.80. The van der Waals surface area contributed by atoms with E-state index < -0.39 is 12.1 Å². The summed E-state index contributed by atoms with van der Waals surface area (Å²) in [6.45, 7) is 2.35. The van der Waals surface area contributed by atoms with Crippen LogP contribution >= 0.6 is 0 Å². The normalized spacial score (nSPS) is 23.6. The van der Waals surface area contributed by atoms with Crippen molar-refractivity contribution < 1.29 is 24.2 Å². The summed E-state index contributed by atoms with van der Waals surface area (Å²) in [7, 11) is 0. The molecule has 1 N–H and O–H groups in total. The van der Waals surface area contributed by atoms with E-state index in [9.17, 15) is 19.5 Å². The van der Waals surface area contributed by atoms with Gasteiger partial charge in [0.25, 0.3) is 0 Å². The number of rotatable bonds is 3. The van der Waals surface area contributed by atoms with Crippen LogP contribution in [0.1, 0.15) is 40.5 Å². The van der Waals surface area contributed by atoms with Crippen LogP contribution < -0.4 is 0 Å². The molecule has 0 aromatic heterocycles. The van der Waals surface area contributed by atoms with Gasteiger partial charge in [-0.3, -0.25) is 14.4 Å². The van der Waals surface area contributed by atoms with E-state index in [4.69, 9.17) is 4.74 Å². The van der Waals surface area contributed by atoms with Gasteiger partial charge in [0.05, 0.1) is 18.2 Å². The summed E-state index contributed by atoms with van der Waals surface area (Å²) in [5, 5.41) is 10.4. The van der Waals surface area contributed by atoms with Gasteiger partial charge in [0.15, 0.2) is 5.78 Å². The highest BCUT2D eigenvalue weighted by molar-refractivity contribution is 6.24.